The van der Waals surface area contributed by atoms with Crippen LogP contribution in [0.3, 0.4) is 0 Å². The van der Waals surface area contributed by atoms with Gasteiger partial charge in [0.15, 0.2) is 5.58 Å². The number of halogens is 1. The molecule has 1 heterocycles. The second kappa shape index (κ2) is 7.12. The van der Waals surface area contributed by atoms with Gasteiger partial charge in [0.25, 0.3) is 5.69 Å². The maximum absolute atomic E-state index is 12.3. The van der Waals surface area contributed by atoms with Gasteiger partial charge in [-0.2, -0.15) is 0 Å². The zero-order valence-electron chi connectivity index (χ0n) is 13.6. The van der Waals surface area contributed by atoms with Crippen molar-refractivity contribution in [3.05, 3.63) is 73.2 Å². The number of oxazole rings is 1. The molecule has 9 heteroatoms. The van der Waals surface area contributed by atoms with Crippen LogP contribution in [-0.2, 0) is 11.3 Å². The fourth-order valence-electron chi connectivity index (χ4n) is 2.65. The Hall–Kier alpha value is -2.94. The number of non-ortho nitro benzene ring substituents is 1. The van der Waals surface area contributed by atoms with Crippen molar-refractivity contribution in [2.24, 2.45) is 0 Å². The highest BCUT2D eigenvalue weighted by Gasteiger charge is 2.18. The normalized spacial score (nSPS) is 12.1. The van der Waals surface area contributed by atoms with Crippen LogP contribution in [0.2, 0.25) is 0 Å². The number of carbonyl (C=O) groups excluding carboxylic acids is 1. The number of fused-ring (bicyclic) bond motifs is 1. The number of nitrogens with one attached hydrogen (secondary N) is 1. The molecule has 1 amide bonds. The minimum atomic E-state index is -0.746. The van der Waals surface area contributed by atoms with E-state index in [0.29, 0.717) is 5.52 Å². The molecule has 8 nitrogen and oxygen atoms in total. The lowest BCUT2D eigenvalue weighted by molar-refractivity contribution is -0.384. The van der Waals surface area contributed by atoms with Crippen LogP contribution in [0.25, 0.3) is 11.1 Å². The van der Waals surface area contributed by atoms with E-state index in [1.807, 2.05) is 31.2 Å². The average molecular weight is 420 g/mol. The number of hydrogen-bond donors (Lipinski definition) is 1. The van der Waals surface area contributed by atoms with Crippen molar-refractivity contribution < 1.29 is 14.1 Å². The van der Waals surface area contributed by atoms with Crippen LogP contribution < -0.4 is 11.1 Å². The molecule has 26 heavy (non-hydrogen) atoms. The molecular formula is C17H14BrN3O5. The van der Waals surface area contributed by atoms with Crippen molar-refractivity contribution in [1.82, 2.24) is 9.88 Å². The molecule has 0 fully saturated rings. The summed E-state index contributed by atoms with van der Waals surface area (Å²) >= 11 is 3.43. The van der Waals surface area contributed by atoms with Crippen molar-refractivity contribution in [3.63, 3.8) is 0 Å². The number of carbonyl (C=O) groups is 1. The Balaban J connectivity index is 1.81. The Labute approximate surface area is 155 Å². The van der Waals surface area contributed by atoms with Gasteiger partial charge in [-0.3, -0.25) is 19.5 Å². The van der Waals surface area contributed by atoms with Gasteiger partial charge in [-0.15, -0.1) is 0 Å². The number of hydrogen-bond acceptors (Lipinski definition) is 5. The second-order valence-electron chi connectivity index (χ2n) is 5.67. The molecule has 1 unspecified atom stereocenters. The standard InChI is InChI=1S/C17H14BrN3O5/c1-10(12-4-2-3-5-13(12)18)19-16(22)9-20-14-7-6-11(21(24)25)8-15(14)26-17(20)23/h2-8,10H,9H2,1H3,(H,19,22). The fraction of sp³-hybridized carbons (Fsp3) is 0.176. The average Bonchev–Trinajstić information content (AvgIpc) is 2.89. The van der Waals surface area contributed by atoms with Crippen molar-refractivity contribution >= 4 is 38.6 Å². The molecule has 0 radical (unpaired) electrons. The fourth-order valence-corrected chi connectivity index (χ4v) is 3.28. The van der Waals surface area contributed by atoms with E-state index in [9.17, 15) is 19.7 Å². The van der Waals surface area contributed by atoms with Crippen LogP contribution in [-0.4, -0.2) is 15.4 Å². The van der Waals surface area contributed by atoms with E-state index < -0.39 is 10.7 Å². The zero-order valence-corrected chi connectivity index (χ0v) is 15.2. The van der Waals surface area contributed by atoms with Gasteiger partial charge in [0.1, 0.15) is 6.54 Å². The second-order valence-corrected chi connectivity index (χ2v) is 6.53. The van der Waals surface area contributed by atoms with E-state index in [1.54, 1.807) is 0 Å². The first-order chi connectivity index (χ1) is 12.4. The monoisotopic (exact) mass is 419 g/mol. The van der Waals surface area contributed by atoms with Crippen LogP contribution in [0.4, 0.5) is 5.69 Å². The smallest absolute Gasteiger partial charge is 0.407 e. The number of nitro groups is 1. The van der Waals surface area contributed by atoms with Crippen molar-refractivity contribution in [2.45, 2.75) is 19.5 Å². The number of nitro benzene ring substituents is 1. The van der Waals surface area contributed by atoms with Crippen molar-refractivity contribution in [2.75, 3.05) is 0 Å². The predicted octanol–water partition coefficient (Wildman–Crippen LogP) is 3.14. The van der Waals surface area contributed by atoms with Gasteiger partial charge in [-0.1, -0.05) is 34.1 Å². The third-order valence-electron chi connectivity index (χ3n) is 3.91. The first kappa shape index (κ1) is 17.9. The molecule has 0 aliphatic heterocycles. The first-order valence-corrected chi connectivity index (χ1v) is 8.47. The largest absolute Gasteiger partial charge is 0.420 e. The van der Waals surface area contributed by atoms with Crippen LogP contribution in [0.1, 0.15) is 18.5 Å². The molecule has 2 aromatic carbocycles. The van der Waals surface area contributed by atoms with Gasteiger partial charge in [0.2, 0.25) is 5.91 Å². The van der Waals surface area contributed by atoms with Gasteiger partial charge in [-0.05, 0) is 24.6 Å². The molecule has 1 atom stereocenters. The lowest BCUT2D eigenvalue weighted by Crippen LogP contribution is -2.32. The summed E-state index contributed by atoms with van der Waals surface area (Å²) in [6, 6.07) is 11.0. The Kier molecular flexibility index (Phi) is 4.90. The molecule has 1 aromatic heterocycles. The van der Waals surface area contributed by atoms with Gasteiger partial charge in [-0.25, -0.2) is 4.79 Å². The number of aromatic nitrogens is 1. The first-order valence-electron chi connectivity index (χ1n) is 7.68. The maximum atomic E-state index is 12.3. The summed E-state index contributed by atoms with van der Waals surface area (Å²) in [5, 5.41) is 13.6. The number of nitrogens with zero attached hydrogens (tertiary/aromatic N) is 2. The van der Waals surface area contributed by atoms with Crippen molar-refractivity contribution in [1.29, 1.82) is 0 Å². The quantitative estimate of drug-likeness (QED) is 0.504. The minimum Gasteiger partial charge on any atom is -0.407 e. The van der Waals surface area contributed by atoms with E-state index >= 15 is 0 Å². The van der Waals surface area contributed by atoms with E-state index in [0.717, 1.165) is 20.7 Å². The van der Waals surface area contributed by atoms with E-state index in [1.165, 1.54) is 12.1 Å². The summed E-state index contributed by atoms with van der Waals surface area (Å²) in [6.45, 7) is 1.58. The van der Waals surface area contributed by atoms with Crippen LogP contribution in [0.15, 0.2) is 56.1 Å². The Morgan fingerprint density at radius 1 is 1.35 bits per heavy atom. The third-order valence-corrected chi connectivity index (χ3v) is 4.64. The number of rotatable bonds is 5. The molecule has 0 aliphatic rings. The topological polar surface area (TPSA) is 107 Å². The van der Waals surface area contributed by atoms with Crippen LogP contribution in [0, 0.1) is 10.1 Å². The molecule has 1 N–H and O–H groups in total. The van der Waals surface area contributed by atoms with E-state index in [-0.39, 0.29) is 29.8 Å². The number of amides is 1. The molecule has 134 valence electrons. The summed E-state index contributed by atoms with van der Waals surface area (Å²) in [4.78, 5) is 34.6. The van der Waals surface area contributed by atoms with Crippen LogP contribution in [0.5, 0.6) is 0 Å². The summed E-state index contributed by atoms with van der Waals surface area (Å²) in [5.74, 6) is -1.12. The molecule has 0 saturated carbocycles. The molecule has 0 bridgehead atoms. The Bertz CT molecular complexity index is 1060. The highest BCUT2D eigenvalue weighted by molar-refractivity contribution is 9.10. The van der Waals surface area contributed by atoms with Crippen LogP contribution >= 0.6 is 15.9 Å². The summed E-state index contributed by atoms with van der Waals surface area (Å²) < 4.78 is 7.02. The highest BCUT2D eigenvalue weighted by Crippen LogP contribution is 2.23. The summed E-state index contributed by atoms with van der Waals surface area (Å²) in [5.41, 5.74) is 1.10. The van der Waals surface area contributed by atoms with Gasteiger partial charge < -0.3 is 9.73 Å². The predicted molar refractivity (Wildman–Crippen MR) is 97.8 cm³/mol. The van der Waals surface area contributed by atoms with E-state index in [4.69, 9.17) is 4.42 Å². The van der Waals surface area contributed by atoms with Gasteiger partial charge in [0, 0.05) is 10.5 Å². The molecule has 0 aliphatic carbocycles. The Morgan fingerprint density at radius 2 is 2.08 bits per heavy atom. The summed E-state index contributed by atoms with van der Waals surface area (Å²) in [6.07, 6.45) is 0. The molecule has 0 saturated heterocycles. The molecule has 3 rings (SSSR count). The Morgan fingerprint density at radius 3 is 2.77 bits per heavy atom. The molecule has 0 spiro atoms. The summed E-state index contributed by atoms with van der Waals surface area (Å²) in [7, 11) is 0. The SMILES string of the molecule is CC(NC(=O)Cn1c(=O)oc2cc([N+](=O)[O-])ccc21)c1ccccc1Br. The van der Waals surface area contributed by atoms with Crippen molar-refractivity contribution in [3.8, 4) is 0 Å². The lowest BCUT2D eigenvalue weighted by Gasteiger charge is -2.16. The third kappa shape index (κ3) is 3.52. The zero-order chi connectivity index (χ0) is 18.8. The minimum absolute atomic E-state index is 0.0656. The van der Waals surface area contributed by atoms with Gasteiger partial charge in [0.05, 0.1) is 22.5 Å². The highest BCUT2D eigenvalue weighted by atomic mass is 79.9. The molecular weight excluding hydrogens is 406 g/mol. The van der Waals surface area contributed by atoms with Gasteiger partial charge >= 0.3 is 5.76 Å². The maximum Gasteiger partial charge on any atom is 0.420 e. The number of benzene rings is 2. The lowest BCUT2D eigenvalue weighted by atomic mass is 10.1. The molecule has 3 aromatic rings. The van der Waals surface area contributed by atoms with E-state index in [2.05, 4.69) is 21.2 Å².